The van der Waals surface area contributed by atoms with Crippen molar-refractivity contribution in [3.05, 3.63) is 24.3 Å². The van der Waals surface area contributed by atoms with Gasteiger partial charge >= 0.3 is 30.1 Å². The van der Waals surface area contributed by atoms with E-state index in [1.54, 1.807) is 0 Å². The van der Waals surface area contributed by atoms with Crippen LogP contribution in [0.15, 0.2) is 24.3 Å². The van der Waals surface area contributed by atoms with Crippen molar-refractivity contribution in [2.24, 2.45) is 0 Å². The van der Waals surface area contributed by atoms with E-state index in [9.17, 15) is 24.0 Å². The van der Waals surface area contributed by atoms with Gasteiger partial charge in [-0.25, -0.2) is 33.8 Å². The van der Waals surface area contributed by atoms with Gasteiger partial charge in [-0.2, -0.15) is 0 Å². The van der Waals surface area contributed by atoms with Crippen LogP contribution in [0.1, 0.15) is 59.3 Å². The van der Waals surface area contributed by atoms with Gasteiger partial charge in [-0.15, -0.1) is 0 Å². The molecule has 0 atom stereocenters. The second-order valence-electron chi connectivity index (χ2n) is 8.35. The summed E-state index contributed by atoms with van der Waals surface area (Å²) in [7, 11) is 0. The van der Waals surface area contributed by atoms with Gasteiger partial charge in [-0.05, 0) is 33.1 Å². The number of imide groups is 2. The summed E-state index contributed by atoms with van der Waals surface area (Å²) in [6.07, 6.45) is 2.92. The molecule has 1 saturated heterocycles. The number of hydrogen-bond donors (Lipinski definition) is 1. The van der Waals surface area contributed by atoms with E-state index >= 15 is 0 Å². The maximum Gasteiger partial charge on any atom is 0.407 e. The highest BCUT2D eigenvalue weighted by Gasteiger charge is 2.42. The first kappa shape index (κ1) is 29.7. The maximum atomic E-state index is 12.1. The lowest BCUT2D eigenvalue weighted by Crippen LogP contribution is -2.63. The number of hydrogen-bond acceptors (Lipinski definition) is 8. The Morgan fingerprint density at radius 1 is 0.829 bits per heavy atom. The summed E-state index contributed by atoms with van der Waals surface area (Å²) >= 11 is 0. The SMILES string of the molecule is C=C(C)C(=O)OCC(COC(=O)C(=C)C)OC(=O)NCCCCCCN1C(=O)N(CCCC)C1=O. The molecular weight excluding hydrogens is 458 g/mol. The van der Waals surface area contributed by atoms with E-state index in [2.05, 4.69) is 18.5 Å². The third kappa shape index (κ3) is 10.6. The Kier molecular flexibility index (Phi) is 13.1. The highest BCUT2D eigenvalue weighted by atomic mass is 16.6. The molecule has 0 radical (unpaired) electrons. The average Bonchev–Trinajstić information content (AvgIpc) is 2.81. The Balaban J connectivity index is 2.26. The van der Waals surface area contributed by atoms with Gasteiger partial charge in [0.15, 0.2) is 6.10 Å². The molecule has 0 aromatic heterocycles. The largest absolute Gasteiger partial charge is 0.458 e. The summed E-state index contributed by atoms with van der Waals surface area (Å²) in [6.45, 7) is 12.5. The number of urea groups is 2. The zero-order valence-electron chi connectivity index (χ0n) is 20.9. The number of carbonyl (C=O) groups excluding carboxylic acids is 5. The standard InChI is InChI=1S/C24H37N3O8/c1-6-7-13-26-23(31)27(24(26)32)14-11-9-8-10-12-25-22(30)35-19(15-33-20(28)17(2)3)16-34-21(29)18(4)5/h19H,2,4,6-16H2,1,3,5H3,(H,25,30). The van der Waals surface area contributed by atoms with E-state index in [4.69, 9.17) is 14.2 Å². The van der Waals surface area contributed by atoms with E-state index in [1.807, 2.05) is 6.92 Å². The molecular formula is C24H37N3O8. The van der Waals surface area contributed by atoms with Gasteiger partial charge in [-0.3, -0.25) is 0 Å². The van der Waals surface area contributed by atoms with Gasteiger partial charge in [0, 0.05) is 30.8 Å². The minimum atomic E-state index is -0.995. The van der Waals surface area contributed by atoms with Crippen molar-refractivity contribution in [1.82, 2.24) is 15.1 Å². The lowest BCUT2D eigenvalue weighted by molar-refractivity contribution is -0.147. The summed E-state index contributed by atoms with van der Waals surface area (Å²) in [5.41, 5.74) is 0.368. The van der Waals surface area contributed by atoms with Crippen LogP contribution in [0.25, 0.3) is 0 Å². The van der Waals surface area contributed by atoms with E-state index in [1.165, 1.54) is 23.6 Å². The summed E-state index contributed by atoms with van der Waals surface area (Å²) in [5, 5.41) is 2.59. The van der Waals surface area contributed by atoms with Crippen LogP contribution in [0.5, 0.6) is 0 Å². The molecule has 0 spiro atoms. The molecule has 0 bridgehead atoms. The molecule has 0 unspecified atom stereocenters. The first-order chi connectivity index (χ1) is 16.6. The number of esters is 2. The van der Waals surface area contributed by atoms with Crippen molar-refractivity contribution < 1.29 is 38.2 Å². The van der Waals surface area contributed by atoms with Crippen molar-refractivity contribution in [3.63, 3.8) is 0 Å². The topological polar surface area (TPSA) is 132 Å². The van der Waals surface area contributed by atoms with Gasteiger partial charge in [0.1, 0.15) is 13.2 Å². The number of carbonyl (C=O) groups is 5. The van der Waals surface area contributed by atoms with Crippen LogP contribution >= 0.6 is 0 Å². The van der Waals surface area contributed by atoms with E-state index in [-0.39, 0.29) is 36.4 Å². The third-order valence-electron chi connectivity index (χ3n) is 5.01. The van der Waals surface area contributed by atoms with Crippen LogP contribution in [-0.4, -0.2) is 78.8 Å². The van der Waals surface area contributed by atoms with Crippen LogP contribution in [0.2, 0.25) is 0 Å². The minimum Gasteiger partial charge on any atom is -0.458 e. The van der Waals surface area contributed by atoms with Gasteiger partial charge < -0.3 is 19.5 Å². The molecule has 0 aromatic carbocycles. The van der Waals surface area contributed by atoms with Crippen LogP contribution in [0.4, 0.5) is 14.4 Å². The number of ether oxygens (including phenoxy) is 3. The molecule has 11 nitrogen and oxygen atoms in total. The first-order valence-corrected chi connectivity index (χ1v) is 11.8. The van der Waals surface area contributed by atoms with Gasteiger partial charge in [0.05, 0.1) is 0 Å². The van der Waals surface area contributed by atoms with Crippen LogP contribution < -0.4 is 5.32 Å². The van der Waals surface area contributed by atoms with Gasteiger partial charge in [-0.1, -0.05) is 39.3 Å². The third-order valence-corrected chi connectivity index (χ3v) is 5.01. The van der Waals surface area contributed by atoms with E-state index < -0.39 is 24.1 Å². The van der Waals surface area contributed by atoms with Crippen LogP contribution in [0.3, 0.4) is 0 Å². The number of nitrogens with one attached hydrogen (secondary N) is 1. The van der Waals surface area contributed by atoms with E-state index in [0.717, 1.165) is 25.7 Å². The van der Waals surface area contributed by atoms with Crippen LogP contribution in [-0.2, 0) is 23.8 Å². The number of unbranched alkanes of at least 4 members (excludes halogenated alkanes) is 4. The molecule has 5 amide bonds. The molecule has 0 saturated carbocycles. The quantitative estimate of drug-likeness (QED) is 0.140. The second-order valence-corrected chi connectivity index (χ2v) is 8.35. The van der Waals surface area contributed by atoms with Gasteiger partial charge in [0.25, 0.3) is 0 Å². The molecule has 35 heavy (non-hydrogen) atoms. The Morgan fingerprint density at radius 2 is 1.31 bits per heavy atom. The zero-order chi connectivity index (χ0) is 26.4. The predicted octanol–water partition coefficient (Wildman–Crippen LogP) is 3.54. The number of nitrogens with zero attached hydrogens (tertiary/aromatic N) is 2. The summed E-state index contributed by atoms with van der Waals surface area (Å²) in [5.74, 6) is -1.30. The smallest absolute Gasteiger partial charge is 0.407 e. The Labute approximate surface area is 206 Å². The summed E-state index contributed by atoms with van der Waals surface area (Å²) in [6, 6.07) is -0.462. The minimum absolute atomic E-state index is 0.184. The van der Waals surface area contributed by atoms with Crippen molar-refractivity contribution >= 4 is 30.1 Å². The lowest BCUT2D eigenvalue weighted by Gasteiger charge is -2.39. The highest BCUT2D eigenvalue weighted by Crippen LogP contribution is 2.18. The predicted molar refractivity (Wildman–Crippen MR) is 127 cm³/mol. The Bertz CT molecular complexity index is 765. The number of amides is 5. The summed E-state index contributed by atoms with van der Waals surface area (Å²) in [4.78, 5) is 61.7. The Hall–Kier alpha value is -3.37. The fourth-order valence-electron chi connectivity index (χ4n) is 2.94. The average molecular weight is 496 g/mol. The molecule has 0 aliphatic carbocycles. The number of rotatable bonds is 17. The van der Waals surface area contributed by atoms with E-state index in [0.29, 0.717) is 32.5 Å². The first-order valence-electron chi connectivity index (χ1n) is 11.8. The highest BCUT2D eigenvalue weighted by molar-refractivity contribution is 6.11. The lowest BCUT2D eigenvalue weighted by atomic mass is 10.2. The molecule has 1 fully saturated rings. The number of alkyl carbamates (subject to hydrolysis) is 1. The molecule has 0 aromatic rings. The normalized spacial score (nSPS) is 12.8. The second kappa shape index (κ2) is 15.5. The van der Waals surface area contributed by atoms with Gasteiger partial charge in [0.2, 0.25) is 0 Å². The molecule has 1 heterocycles. The van der Waals surface area contributed by atoms with Crippen molar-refractivity contribution in [1.29, 1.82) is 0 Å². The summed E-state index contributed by atoms with van der Waals surface area (Å²) < 4.78 is 15.2. The van der Waals surface area contributed by atoms with Crippen molar-refractivity contribution in [3.8, 4) is 0 Å². The van der Waals surface area contributed by atoms with Crippen molar-refractivity contribution in [2.75, 3.05) is 32.8 Å². The van der Waals surface area contributed by atoms with Crippen molar-refractivity contribution in [2.45, 2.75) is 65.4 Å². The molecule has 11 heteroatoms. The molecule has 196 valence electrons. The maximum absolute atomic E-state index is 12.1. The monoisotopic (exact) mass is 495 g/mol. The molecule has 1 rings (SSSR count). The van der Waals surface area contributed by atoms with Crippen LogP contribution in [0, 0.1) is 0 Å². The fraction of sp³-hybridized carbons (Fsp3) is 0.625. The molecule has 1 N–H and O–H groups in total. The Morgan fingerprint density at radius 3 is 1.80 bits per heavy atom. The molecule has 1 aliphatic rings. The molecule has 1 aliphatic heterocycles. The zero-order valence-corrected chi connectivity index (χ0v) is 20.9. The fourth-order valence-corrected chi connectivity index (χ4v) is 2.94.